The minimum Gasteiger partial charge on any atom is -0.453 e. The molecule has 5 rings (SSSR count). The lowest BCUT2D eigenvalue weighted by Crippen LogP contribution is -1.91. The second kappa shape index (κ2) is 5.46. The van der Waals surface area contributed by atoms with E-state index in [9.17, 15) is 10.1 Å². The smallest absolute Gasteiger partial charge is 0.270 e. The molecular formula is C17H9N5O3S. The summed E-state index contributed by atoms with van der Waals surface area (Å²) in [5.41, 5.74) is 1.43. The molecule has 3 aromatic heterocycles. The van der Waals surface area contributed by atoms with Crippen molar-refractivity contribution in [2.45, 2.75) is 0 Å². The lowest BCUT2D eigenvalue weighted by atomic mass is 10.2. The molecule has 0 aliphatic heterocycles. The Balaban J connectivity index is 1.63. The summed E-state index contributed by atoms with van der Waals surface area (Å²) in [6.07, 6.45) is 0. The molecule has 0 radical (unpaired) electrons. The molecule has 0 saturated heterocycles. The predicted molar refractivity (Wildman–Crippen MR) is 96.0 cm³/mol. The number of hydrogen-bond acceptors (Lipinski definition) is 7. The highest BCUT2D eigenvalue weighted by Gasteiger charge is 2.18. The van der Waals surface area contributed by atoms with Crippen molar-refractivity contribution in [2.24, 2.45) is 0 Å². The molecule has 0 atom stereocenters. The van der Waals surface area contributed by atoms with Crippen LogP contribution in [0.15, 0.2) is 59.0 Å². The fourth-order valence-electron chi connectivity index (χ4n) is 2.73. The van der Waals surface area contributed by atoms with Crippen molar-refractivity contribution in [3.63, 3.8) is 0 Å². The Kier molecular flexibility index (Phi) is 3.09. The predicted octanol–water partition coefficient (Wildman–Crippen LogP) is 4.17. The summed E-state index contributed by atoms with van der Waals surface area (Å²) in [6, 6.07) is 15.9. The van der Waals surface area contributed by atoms with Crippen molar-refractivity contribution in [3.05, 3.63) is 64.7 Å². The van der Waals surface area contributed by atoms with Gasteiger partial charge in [-0.3, -0.25) is 10.1 Å². The van der Waals surface area contributed by atoms with Gasteiger partial charge in [-0.25, -0.2) is 0 Å². The first-order chi connectivity index (χ1) is 12.7. The summed E-state index contributed by atoms with van der Waals surface area (Å²) in [6.45, 7) is 0. The van der Waals surface area contributed by atoms with Gasteiger partial charge in [0.1, 0.15) is 10.6 Å². The van der Waals surface area contributed by atoms with E-state index in [2.05, 4.69) is 15.3 Å². The monoisotopic (exact) mass is 363 g/mol. The number of nitrogens with zero attached hydrogens (tertiary/aromatic N) is 5. The Bertz CT molecular complexity index is 1250. The molecule has 8 nitrogen and oxygen atoms in total. The van der Waals surface area contributed by atoms with Gasteiger partial charge in [-0.05, 0) is 12.1 Å². The first-order valence-corrected chi connectivity index (χ1v) is 8.47. The summed E-state index contributed by atoms with van der Waals surface area (Å²) in [7, 11) is 0. The Labute approximate surface area is 149 Å². The molecule has 9 heteroatoms. The van der Waals surface area contributed by atoms with Crippen molar-refractivity contribution in [3.8, 4) is 22.2 Å². The quantitative estimate of drug-likeness (QED) is 0.352. The van der Waals surface area contributed by atoms with Gasteiger partial charge in [0.05, 0.1) is 4.92 Å². The van der Waals surface area contributed by atoms with E-state index in [0.29, 0.717) is 27.1 Å². The van der Waals surface area contributed by atoms with Crippen molar-refractivity contribution >= 4 is 33.0 Å². The molecule has 0 spiro atoms. The molecule has 0 aliphatic rings. The maximum atomic E-state index is 11.0. The average Bonchev–Trinajstić information content (AvgIpc) is 3.34. The Hall–Kier alpha value is -3.59. The van der Waals surface area contributed by atoms with Crippen LogP contribution in [-0.4, -0.2) is 24.7 Å². The number of furan rings is 1. The fourth-order valence-corrected chi connectivity index (χ4v) is 3.57. The molecular weight excluding hydrogens is 354 g/mol. The molecule has 2 aromatic carbocycles. The number of nitro benzene ring substituents is 1. The Morgan fingerprint density at radius 1 is 1.08 bits per heavy atom. The van der Waals surface area contributed by atoms with E-state index < -0.39 is 4.92 Å². The summed E-state index contributed by atoms with van der Waals surface area (Å²) in [5.74, 6) is 1.05. The lowest BCUT2D eigenvalue weighted by molar-refractivity contribution is -0.384. The van der Waals surface area contributed by atoms with Gasteiger partial charge in [0.2, 0.25) is 10.8 Å². The van der Waals surface area contributed by atoms with Crippen molar-refractivity contribution in [1.82, 2.24) is 19.8 Å². The van der Waals surface area contributed by atoms with E-state index in [0.717, 1.165) is 11.0 Å². The third-order valence-corrected chi connectivity index (χ3v) is 4.89. The molecule has 0 saturated carbocycles. The first-order valence-electron chi connectivity index (χ1n) is 7.65. The highest BCUT2D eigenvalue weighted by Crippen LogP contribution is 2.31. The highest BCUT2D eigenvalue weighted by atomic mass is 32.1. The van der Waals surface area contributed by atoms with E-state index in [1.165, 1.54) is 23.5 Å². The maximum Gasteiger partial charge on any atom is 0.270 e. The van der Waals surface area contributed by atoms with Crippen molar-refractivity contribution in [2.75, 3.05) is 0 Å². The summed E-state index contributed by atoms with van der Waals surface area (Å²) >= 11 is 1.31. The molecule has 0 N–H and O–H groups in total. The standard InChI is InChI=1S/C17H9N5O3S/c23-22(24)12-6-3-5-11(8-12)16-20-21-15(18-19-17(21)26-16)14-9-10-4-1-2-7-13(10)25-14/h1-9H. The third-order valence-electron chi connectivity index (χ3n) is 3.94. The second-order valence-corrected chi connectivity index (χ2v) is 6.54. The number of aromatic nitrogens is 4. The van der Waals surface area contributed by atoms with Crippen LogP contribution in [0, 0.1) is 10.1 Å². The van der Waals surface area contributed by atoms with Gasteiger partial charge in [-0.15, -0.1) is 10.2 Å². The Morgan fingerprint density at radius 3 is 2.81 bits per heavy atom. The summed E-state index contributed by atoms with van der Waals surface area (Å²) in [4.78, 5) is 11.1. The van der Waals surface area contributed by atoms with Crippen LogP contribution in [0.5, 0.6) is 0 Å². The lowest BCUT2D eigenvalue weighted by Gasteiger charge is -1.95. The molecule has 0 aliphatic carbocycles. The normalized spacial score (nSPS) is 11.4. The number of nitro groups is 1. The number of para-hydroxylation sites is 1. The zero-order valence-electron chi connectivity index (χ0n) is 13.1. The van der Waals surface area contributed by atoms with Crippen LogP contribution < -0.4 is 0 Å². The average molecular weight is 363 g/mol. The molecule has 0 unspecified atom stereocenters. The Morgan fingerprint density at radius 2 is 1.96 bits per heavy atom. The largest absolute Gasteiger partial charge is 0.453 e. The minimum absolute atomic E-state index is 0.0194. The van der Waals surface area contributed by atoms with Crippen LogP contribution in [0.25, 0.3) is 38.1 Å². The molecule has 26 heavy (non-hydrogen) atoms. The number of fused-ring (bicyclic) bond motifs is 2. The first kappa shape index (κ1) is 14.7. The number of rotatable bonds is 3. The summed E-state index contributed by atoms with van der Waals surface area (Å²) < 4.78 is 7.43. The van der Waals surface area contributed by atoms with E-state index in [-0.39, 0.29) is 5.69 Å². The third kappa shape index (κ3) is 2.25. The molecule has 0 fully saturated rings. The molecule has 0 bridgehead atoms. The molecule has 3 heterocycles. The van der Waals surface area contributed by atoms with E-state index in [1.54, 1.807) is 16.6 Å². The van der Waals surface area contributed by atoms with Crippen molar-refractivity contribution < 1.29 is 9.34 Å². The SMILES string of the molecule is O=[N+]([O-])c1cccc(-c2nn3c(-c4cc5ccccc5o4)nnc3s2)c1. The molecule has 126 valence electrons. The van der Waals surface area contributed by atoms with Gasteiger partial charge in [0.25, 0.3) is 5.69 Å². The van der Waals surface area contributed by atoms with Crippen LogP contribution in [0.4, 0.5) is 5.69 Å². The van der Waals surface area contributed by atoms with Gasteiger partial charge in [0, 0.05) is 23.1 Å². The maximum absolute atomic E-state index is 11.0. The number of benzene rings is 2. The highest BCUT2D eigenvalue weighted by molar-refractivity contribution is 7.19. The number of non-ortho nitro benzene ring substituents is 1. The fraction of sp³-hybridized carbons (Fsp3) is 0. The van der Waals surface area contributed by atoms with Crippen LogP contribution in [0.3, 0.4) is 0 Å². The van der Waals surface area contributed by atoms with Crippen LogP contribution in [0.1, 0.15) is 0 Å². The van der Waals surface area contributed by atoms with Crippen molar-refractivity contribution in [1.29, 1.82) is 0 Å². The minimum atomic E-state index is -0.427. The zero-order valence-corrected chi connectivity index (χ0v) is 13.9. The molecule has 5 aromatic rings. The topological polar surface area (TPSA) is 99.4 Å². The van der Waals surface area contributed by atoms with E-state index in [1.807, 2.05) is 30.3 Å². The number of hydrogen-bond donors (Lipinski definition) is 0. The molecule has 0 amide bonds. The van der Waals surface area contributed by atoms with E-state index >= 15 is 0 Å². The van der Waals surface area contributed by atoms with Gasteiger partial charge in [-0.1, -0.05) is 41.7 Å². The zero-order chi connectivity index (χ0) is 17.7. The van der Waals surface area contributed by atoms with Gasteiger partial charge in [0.15, 0.2) is 5.76 Å². The van der Waals surface area contributed by atoms with Crippen LogP contribution in [0.2, 0.25) is 0 Å². The van der Waals surface area contributed by atoms with Gasteiger partial charge < -0.3 is 4.42 Å². The van der Waals surface area contributed by atoms with E-state index in [4.69, 9.17) is 4.42 Å². The van der Waals surface area contributed by atoms with Gasteiger partial charge in [-0.2, -0.15) is 9.61 Å². The second-order valence-electron chi connectivity index (χ2n) is 5.58. The van der Waals surface area contributed by atoms with Crippen LogP contribution in [-0.2, 0) is 0 Å². The van der Waals surface area contributed by atoms with Gasteiger partial charge >= 0.3 is 0 Å². The van der Waals surface area contributed by atoms with Crippen LogP contribution >= 0.6 is 11.3 Å². The summed E-state index contributed by atoms with van der Waals surface area (Å²) in [5, 5.41) is 25.4.